The number of halogens is 1. The summed E-state index contributed by atoms with van der Waals surface area (Å²) >= 11 is 1.24. The molecule has 0 unspecified atom stereocenters. The number of nitrogens with zero attached hydrogens (tertiary/aromatic N) is 2. The number of carbonyl (C=O) groups is 1. The van der Waals surface area contributed by atoms with Crippen molar-refractivity contribution in [3.63, 3.8) is 0 Å². The maximum atomic E-state index is 13.8. The number of rotatable bonds is 2. The van der Waals surface area contributed by atoms with Crippen LogP contribution in [0.3, 0.4) is 0 Å². The average Bonchev–Trinajstić information content (AvgIpc) is 2.97. The maximum Gasteiger partial charge on any atom is 0.265 e. The first kappa shape index (κ1) is 14.2. The Morgan fingerprint density at radius 3 is 3.05 bits per heavy atom. The van der Waals surface area contributed by atoms with Gasteiger partial charge in [-0.1, -0.05) is 12.1 Å². The third-order valence-electron chi connectivity index (χ3n) is 3.58. The van der Waals surface area contributed by atoms with Crippen LogP contribution in [0.5, 0.6) is 0 Å². The van der Waals surface area contributed by atoms with Gasteiger partial charge in [0, 0.05) is 31.2 Å². The molecule has 3 rings (SSSR count). The molecule has 0 aliphatic carbocycles. The molecule has 1 atom stereocenters. The monoisotopic (exact) mass is 305 g/mol. The fourth-order valence-corrected chi connectivity index (χ4v) is 3.32. The van der Waals surface area contributed by atoms with E-state index in [1.165, 1.54) is 17.4 Å². The first-order valence-corrected chi connectivity index (χ1v) is 7.71. The van der Waals surface area contributed by atoms with Crippen molar-refractivity contribution in [2.45, 2.75) is 13.0 Å². The van der Waals surface area contributed by atoms with Crippen molar-refractivity contribution < 1.29 is 9.18 Å². The fraction of sp³-hybridized carbons (Fsp3) is 0.333. The molecule has 110 valence electrons. The van der Waals surface area contributed by atoms with Gasteiger partial charge in [-0.2, -0.15) is 0 Å². The van der Waals surface area contributed by atoms with Gasteiger partial charge in [0.05, 0.1) is 6.20 Å². The Kier molecular flexibility index (Phi) is 3.98. The van der Waals surface area contributed by atoms with Crippen molar-refractivity contribution in [2.75, 3.05) is 19.6 Å². The number of amides is 1. The minimum atomic E-state index is -0.318. The summed E-state index contributed by atoms with van der Waals surface area (Å²) < 4.78 is 13.8. The van der Waals surface area contributed by atoms with Crippen molar-refractivity contribution >= 4 is 17.2 Å². The molecule has 6 heteroatoms. The molecule has 1 amide bonds. The van der Waals surface area contributed by atoms with Gasteiger partial charge in [0.25, 0.3) is 5.91 Å². The molecule has 0 radical (unpaired) electrons. The van der Waals surface area contributed by atoms with E-state index in [0.29, 0.717) is 22.0 Å². The largest absolute Gasteiger partial charge is 0.333 e. The molecule has 0 spiro atoms. The molecule has 2 heterocycles. The van der Waals surface area contributed by atoms with E-state index in [2.05, 4.69) is 10.3 Å². The Bertz CT molecular complexity index is 658. The Morgan fingerprint density at radius 1 is 1.48 bits per heavy atom. The van der Waals surface area contributed by atoms with Crippen LogP contribution in [0.2, 0.25) is 0 Å². The van der Waals surface area contributed by atoms with Crippen LogP contribution in [0.1, 0.15) is 16.6 Å². The summed E-state index contributed by atoms with van der Waals surface area (Å²) in [7, 11) is 0. The van der Waals surface area contributed by atoms with E-state index in [4.69, 9.17) is 0 Å². The minimum Gasteiger partial charge on any atom is -0.333 e. The van der Waals surface area contributed by atoms with Crippen LogP contribution in [0.15, 0.2) is 30.5 Å². The zero-order valence-corrected chi connectivity index (χ0v) is 12.5. The SMILES string of the molecule is C[C@H]1CNCCN1C(=O)c1cnc(-c2ccccc2F)s1. The number of benzene rings is 1. The zero-order valence-electron chi connectivity index (χ0n) is 11.7. The van der Waals surface area contributed by atoms with Gasteiger partial charge in [-0.05, 0) is 19.1 Å². The third kappa shape index (κ3) is 2.82. The number of thiazole rings is 1. The zero-order chi connectivity index (χ0) is 14.8. The summed E-state index contributed by atoms with van der Waals surface area (Å²) in [5.74, 6) is -0.342. The number of aromatic nitrogens is 1. The van der Waals surface area contributed by atoms with Gasteiger partial charge < -0.3 is 10.2 Å². The first-order chi connectivity index (χ1) is 10.2. The lowest BCUT2D eigenvalue weighted by Crippen LogP contribution is -2.52. The molecule has 0 saturated carbocycles. The second-order valence-corrected chi connectivity index (χ2v) is 6.09. The lowest BCUT2D eigenvalue weighted by molar-refractivity contribution is 0.0660. The van der Waals surface area contributed by atoms with Gasteiger partial charge in [-0.3, -0.25) is 4.79 Å². The van der Waals surface area contributed by atoms with Gasteiger partial charge in [0.15, 0.2) is 0 Å². The van der Waals surface area contributed by atoms with Crippen molar-refractivity contribution in [2.24, 2.45) is 0 Å². The van der Waals surface area contributed by atoms with Crippen LogP contribution < -0.4 is 5.32 Å². The smallest absolute Gasteiger partial charge is 0.265 e. The summed E-state index contributed by atoms with van der Waals surface area (Å²) in [5.41, 5.74) is 0.440. The van der Waals surface area contributed by atoms with Crippen molar-refractivity contribution in [1.82, 2.24) is 15.2 Å². The molecule has 1 aliphatic rings. The molecule has 1 saturated heterocycles. The molecule has 1 fully saturated rings. The number of piperazine rings is 1. The van der Waals surface area contributed by atoms with Gasteiger partial charge in [-0.25, -0.2) is 9.37 Å². The second-order valence-electron chi connectivity index (χ2n) is 5.06. The quantitative estimate of drug-likeness (QED) is 0.926. The van der Waals surface area contributed by atoms with Crippen LogP contribution >= 0.6 is 11.3 Å². The topological polar surface area (TPSA) is 45.2 Å². The molecule has 4 nitrogen and oxygen atoms in total. The number of hydrogen-bond donors (Lipinski definition) is 1. The minimum absolute atomic E-state index is 0.0240. The van der Waals surface area contributed by atoms with Gasteiger partial charge >= 0.3 is 0 Å². The molecule has 1 aromatic carbocycles. The number of nitrogens with one attached hydrogen (secondary N) is 1. The van der Waals surface area contributed by atoms with E-state index in [-0.39, 0.29) is 17.8 Å². The highest BCUT2D eigenvalue weighted by Gasteiger charge is 2.25. The normalized spacial score (nSPS) is 18.8. The standard InChI is InChI=1S/C15H16FN3OS/c1-10-8-17-6-7-19(10)15(20)13-9-18-14(21-13)11-4-2-3-5-12(11)16/h2-5,9-10,17H,6-8H2,1H3/t10-/m0/s1. The van der Waals surface area contributed by atoms with Crippen LogP contribution in [0, 0.1) is 5.82 Å². The Morgan fingerprint density at radius 2 is 2.29 bits per heavy atom. The molecule has 21 heavy (non-hydrogen) atoms. The van der Waals surface area contributed by atoms with E-state index in [0.717, 1.165) is 13.1 Å². The third-order valence-corrected chi connectivity index (χ3v) is 4.60. The van der Waals surface area contributed by atoms with Gasteiger partial charge in [-0.15, -0.1) is 11.3 Å². The number of hydrogen-bond acceptors (Lipinski definition) is 4. The molecule has 0 bridgehead atoms. The van der Waals surface area contributed by atoms with Gasteiger partial charge in [0.2, 0.25) is 0 Å². The fourth-order valence-electron chi connectivity index (χ4n) is 2.42. The Hall–Kier alpha value is -1.79. The molecular weight excluding hydrogens is 289 g/mol. The lowest BCUT2D eigenvalue weighted by Gasteiger charge is -2.33. The highest BCUT2D eigenvalue weighted by atomic mass is 32.1. The van der Waals surface area contributed by atoms with E-state index >= 15 is 0 Å². The van der Waals surface area contributed by atoms with E-state index in [1.807, 2.05) is 11.8 Å². The van der Waals surface area contributed by atoms with Crippen LogP contribution in [-0.2, 0) is 0 Å². The summed E-state index contributed by atoms with van der Waals surface area (Å²) in [6.45, 7) is 4.30. The van der Waals surface area contributed by atoms with E-state index in [9.17, 15) is 9.18 Å². The van der Waals surface area contributed by atoms with E-state index in [1.54, 1.807) is 24.4 Å². The molecule has 1 N–H and O–H groups in total. The molecule has 1 aliphatic heterocycles. The molecular formula is C15H16FN3OS. The maximum absolute atomic E-state index is 13.8. The van der Waals surface area contributed by atoms with E-state index < -0.39 is 0 Å². The summed E-state index contributed by atoms with van der Waals surface area (Å²) in [4.78, 5) is 19.1. The van der Waals surface area contributed by atoms with Crippen LogP contribution in [-0.4, -0.2) is 41.5 Å². The highest BCUT2D eigenvalue weighted by Crippen LogP contribution is 2.28. The summed E-state index contributed by atoms with van der Waals surface area (Å²) in [6, 6.07) is 6.64. The Balaban J connectivity index is 1.85. The second kappa shape index (κ2) is 5.91. The average molecular weight is 305 g/mol. The van der Waals surface area contributed by atoms with Crippen LogP contribution in [0.25, 0.3) is 10.6 Å². The summed E-state index contributed by atoms with van der Waals surface area (Å²) in [5, 5.41) is 3.79. The Labute approximate surface area is 126 Å². The summed E-state index contributed by atoms with van der Waals surface area (Å²) in [6.07, 6.45) is 1.55. The van der Waals surface area contributed by atoms with Crippen molar-refractivity contribution in [3.05, 3.63) is 41.2 Å². The number of carbonyl (C=O) groups excluding carboxylic acids is 1. The highest BCUT2D eigenvalue weighted by molar-refractivity contribution is 7.16. The molecule has 1 aromatic heterocycles. The van der Waals surface area contributed by atoms with Crippen molar-refractivity contribution in [3.8, 4) is 10.6 Å². The predicted octanol–water partition coefficient (Wildman–Crippen LogP) is 2.38. The first-order valence-electron chi connectivity index (χ1n) is 6.89. The predicted molar refractivity (Wildman–Crippen MR) is 80.9 cm³/mol. The lowest BCUT2D eigenvalue weighted by atomic mass is 10.2. The van der Waals surface area contributed by atoms with Crippen molar-refractivity contribution in [1.29, 1.82) is 0 Å². The van der Waals surface area contributed by atoms with Gasteiger partial charge in [0.1, 0.15) is 15.7 Å². The molecule has 2 aromatic rings. The van der Waals surface area contributed by atoms with Crippen LogP contribution in [0.4, 0.5) is 4.39 Å².